The van der Waals surface area contributed by atoms with Crippen LogP contribution in [0.4, 0.5) is 0 Å². The summed E-state index contributed by atoms with van der Waals surface area (Å²) in [5.41, 5.74) is 2.49. The Bertz CT molecular complexity index is 1420. The maximum atomic E-state index is 12.2. The summed E-state index contributed by atoms with van der Waals surface area (Å²) in [5, 5.41) is 13.9. The summed E-state index contributed by atoms with van der Waals surface area (Å²) in [5.74, 6) is 2.43. The molecule has 4 heterocycles. The van der Waals surface area contributed by atoms with Gasteiger partial charge in [-0.15, -0.1) is 16.4 Å². The van der Waals surface area contributed by atoms with E-state index in [0.717, 1.165) is 21.8 Å². The molecular formula is C21H17N5O3S2. The molecule has 0 saturated heterocycles. The zero-order chi connectivity index (χ0) is 21.4. The van der Waals surface area contributed by atoms with E-state index in [4.69, 9.17) is 9.15 Å². The molecule has 1 N–H and O–H groups in total. The van der Waals surface area contributed by atoms with Crippen molar-refractivity contribution in [3.05, 3.63) is 69.7 Å². The van der Waals surface area contributed by atoms with Crippen molar-refractivity contribution < 1.29 is 9.15 Å². The number of para-hydroxylation sites is 1. The standard InChI is InChI=1S/C21H17N5O3S2/c1-12-15(22-20(29-12)13-6-3-4-7-17(13)28-2)11-31-21-24-23-19(27)16-10-14(25-26(16)21)18-8-5-9-30-18/h3-10H,11H2,1-2H3,(H,23,27). The molecule has 0 aliphatic carbocycles. The zero-order valence-corrected chi connectivity index (χ0v) is 18.3. The number of H-pyrrole nitrogens is 1. The molecule has 0 aliphatic heterocycles. The van der Waals surface area contributed by atoms with E-state index >= 15 is 0 Å². The molecule has 1 aromatic carbocycles. The molecule has 0 saturated carbocycles. The van der Waals surface area contributed by atoms with Gasteiger partial charge < -0.3 is 9.15 Å². The van der Waals surface area contributed by atoms with Gasteiger partial charge in [-0.05, 0) is 36.6 Å². The fourth-order valence-electron chi connectivity index (χ4n) is 3.16. The Labute approximate surface area is 184 Å². The second-order valence-corrected chi connectivity index (χ2v) is 8.54. The third-order valence-corrected chi connectivity index (χ3v) is 6.55. The molecule has 0 fully saturated rings. The summed E-state index contributed by atoms with van der Waals surface area (Å²) >= 11 is 2.99. The number of thioether (sulfide) groups is 1. The molecule has 0 radical (unpaired) electrons. The van der Waals surface area contributed by atoms with Gasteiger partial charge in [-0.3, -0.25) is 4.79 Å². The fraction of sp³-hybridized carbons (Fsp3) is 0.143. The number of fused-ring (bicyclic) bond motifs is 1. The van der Waals surface area contributed by atoms with Gasteiger partial charge in [-0.2, -0.15) is 5.10 Å². The van der Waals surface area contributed by atoms with E-state index < -0.39 is 0 Å². The first-order chi connectivity index (χ1) is 15.1. The van der Waals surface area contributed by atoms with Gasteiger partial charge in [0, 0.05) is 5.75 Å². The van der Waals surface area contributed by atoms with Crippen LogP contribution in [-0.2, 0) is 5.75 Å². The minimum absolute atomic E-state index is 0.282. The van der Waals surface area contributed by atoms with Crippen molar-refractivity contribution in [2.45, 2.75) is 17.8 Å². The number of aromatic nitrogens is 5. The maximum Gasteiger partial charge on any atom is 0.290 e. The summed E-state index contributed by atoms with van der Waals surface area (Å²) in [6.07, 6.45) is 0. The first-order valence-electron chi connectivity index (χ1n) is 9.39. The first kappa shape index (κ1) is 19.6. The molecule has 0 spiro atoms. The third-order valence-electron chi connectivity index (χ3n) is 4.72. The minimum atomic E-state index is -0.282. The van der Waals surface area contributed by atoms with E-state index in [-0.39, 0.29) is 5.56 Å². The quantitative estimate of drug-likeness (QED) is 0.382. The SMILES string of the molecule is COc1ccccc1-c1nc(CSc2n[nH]c(=O)c3cc(-c4cccs4)nn23)c(C)o1. The van der Waals surface area contributed by atoms with Crippen LogP contribution in [0.25, 0.3) is 27.5 Å². The Morgan fingerprint density at radius 3 is 2.94 bits per heavy atom. The van der Waals surface area contributed by atoms with Crippen molar-refractivity contribution in [2.24, 2.45) is 0 Å². The number of benzene rings is 1. The normalized spacial score (nSPS) is 11.3. The van der Waals surface area contributed by atoms with Crippen LogP contribution in [0.15, 0.2) is 62.2 Å². The molecule has 4 aromatic heterocycles. The average Bonchev–Trinajstić information content (AvgIpc) is 3.53. The Kier molecular flexibility index (Phi) is 5.08. The van der Waals surface area contributed by atoms with Crippen molar-refractivity contribution in [3.8, 4) is 27.8 Å². The van der Waals surface area contributed by atoms with Crippen molar-refractivity contribution in [2.75, 3.05) is 7.11 Å². The van der Waals surface area contributed by atoms with Crippen LogP contribution in [0, 0.1) is 6.92 Å². The lowest BCUT2D eigenvalue weighted by Crippen LogP contribution is -2.13. The number of nitrogens with zero attached hydrogens (tertiary/aromatic N) is 4. The van der Waals surface area contributed by atoms with Gasteiger partial charge in [0.05, 0.1) is 23.2 Å². The van der Waals surface area contributed by atoms with Crippen LogP contribution >= 0.6 is 23.1 Å². The highest BCUT2D eigenvalue weighted by molar-refractivity contribution is 7.98. The second-order valence-electron chi connectivity index (χ2n) is 6.65. The molecule has 10 heteroatoms. The van der Waals surface area contributed by atoms with Crippen molar-refractivity contribution in [1.29, 1.82) is 0 Å². The summed E-state index contributed by atoms with van der Waals surface area (Å²) in [6, 6.07) is 13.3. The number of aromatic amines is 1. The molecule has 0 aliphatic rings. The van der Waals surface area contributed by atoms with Crippen LogP contribution in [0.5, 0.6) is 5.75 Å². The van der Waals surface area contributed by atoms with E-state index in [1.165, 1.54) is 11.8 Å². The molecule has 31 heavy (non-hydrogen) atoms. The monoisotopic (exact) mass is 451 g/mol. The molecule has 5 aromatic rings. The van der Waals surface area contributed by atoms with E-state index in [0.29, 0.717) is 33.8 Å². The van der Waals surface area contributed by atoms with Crippen molar-refractivity contribution in [3.63, 3.8) is 0 Å². The number of rotatable bonds is 6. The fourth-order valence-corrected chi connectivity index (χ4v) is 4.75. The number of oxazole rings is 1. The number of methoxy groups -OCH3 is 1. The lowest BCUT2D eigenvalue weighted by Gasteiger charge is -2.03. The highest BCUT2D eigenvalue weighted by Gasteiger charge is 2.17. The Hall–Kier alpha value is -3.37. The van der Waals surface area contributed by atoms with E-state index in [9.17, 15) is 4.79 Å². The number of aryl methyl sites for hydroxylation is 1. The number of ether oxygens (including phenoxy) is 1. The zero-order valence-electron chi connectivity index (χ0n) is 16.7. The molecule has 0 atom stereocenters. The Balaban J connectivity index is 1.45. The van der Waals surface area contributed by atoms with Crippen LogP contribution in [0.2, 0.25) is 0 Å². The predicted octanol–water partition coefficient (Wildman–Crippen LogP) is 4.41. The molecule has 0 unspecified atom stereocenters. The summed E-state index contributed by atoms with van der Waals surface area (Å²) in [7, 11) is 1.62. The van der Waals surface area contributed by atoms with Gasteiger partial charge in [-0.1, -0.05) is 30.0 Å². The minimum Gasteiger partial charge on any atom is -0.496 e. The lowest BCUT2D eigenvalue weighted by atomic mass is 10.2. The van der Waals surface area contributed by atoms with Gasteiger partial charge in [0.15, 0.2) is 0 Å². The van der Waals surface area contributed by atoms with Crippen molar-refractivity contribution >= 4 is 28.6 Å². The lowest BCUT2D eigenvalue weighted by molar-refractivity contribution is 0.414. The molecule has 156 valence electrons. The summed E-state index contributed by atoms with van der Waals surface area (Å²) in [4.78, 5) is 17.9. The van der Waals surface area contributed by atoms with Gasteiger partial charge in [0.25, 0.3) is 5.56 Å². The third kappa shape index (κ3) is 3.64. The average molecular weight is 452 g/mol. The summed E-state index contributed by atoms with van der Waals surface area (Å²) < 4.78 is 12.9. The topological polar surface area (TPSA) is 98.3 Å². The Morgan fingerprint density at radius 1 is 1.26 bits per heavy atom. The van der Waals surface area contributed by atoms with Gasteiger partial charge in [0.2, 0.25) is 11.0 Å². The van der Waals surface area contributed by atoms with Crippen LogP contribution in [0.1, 0.15) is 11.5 Å². The van der Waals surface area contributed by atoms with E-state index in [1.54, 1.807) is 29.0 Å². The highest BCUT2D eigenvalue weighted by Crippen LogP contribution is 2.32. The molecular weight excluding hydrogens is 434 g/mol. The number of nitrogens with one attached hydrogen (secondary N) is 1. The van der Waals surface area contributed by atoms with Gasteiger partial charge in [-0.25, -0.2) is 14.6 Å². The molecule has 0 amide bonds. The first-order valence-corrected chi connectivity index (χ1v) is 11.3. The van der Waals surface area contributed by atoms with Crippen LogP contribution in [-0.4, -0.2) is 31.9 Å². The largest absolute Gasteiger partial charge is 0.496 e. The second kappa shape index (κ2) is 8.05. The summed E-state index contributed by atoms with van der Waals surface area (Å²) in [6.45, 7) is 1.88. The smallest absolute Gasteiger partial charge is 0.290 e. The molecule has 0 bridgehead atoms. The van der Waals surface area contributed by atoms with Gasteiger partial charge in [0.1, 0.15) is 22.7 Å². The van der Waals surface area contributed by atoms with E-state index in [2.05, 4.69) is 20.3 Å². The van der Waals surface area contributed by atoms with E-state index in [1.807, 2.05) is 48.7 Å². The number of hydrogen-bond donors (Lipinski definition) is 1. The predicted molar refractivity (Wildman–Crippen MR) is 120 cm³/mol. The number of thiophene rings is 1. The molecule has 8 nitrogen and oxygen atoms in total. The molecule has 5 rings (SSSR count). The van der Waals surface area contributed by atoms with Crippen molar-refractivity contribution in [1.82, 2.24) is 24.8 Å². The van der Waals surface area contributed by atoms with Gasteiger partial charge >= 0.3 is 0 Å². The van der Waals surface area contributed by atoms with Crippen LogP contribution in [0.3, 0.4) is 0 Å². The Morgan fingerprint density at radius 2 is 2.13 bits per heavy atom. The number of hydrogen-bond acceptors (Lipinski definition) is 8. The van der Waals surface area contributed by atoms with Crippen LogP contribution < -0.4 is 10.3 Å². The maximum absolute atomic E-state index is 12.2. The highest BCUT2D eigenvalue weighted by atomic mass is 32.2.